The van der Waals surface area contributed by atoms with Crippen molar-refractivity contribution in [1.82, 2.24) is 5.32 Å². The van der Waals surface area contributed by atoms with Crippen LogP contribution in [0.25, 0.3) is 0 Å². The normalized spacial score (nSPS) is 15.6. The molecule has 0 radical (unpaired) electrons. The zero-order valence-corrected chi connectivity index (χ0v) is 18.4. The first-order chi connectivity index (χ1) is 15.4. The predicted octanol–water partition coefficient (Wildman–Crippen LogP) is 4.03. The molecule has 170 valence electrons. The molecule has 1 heterocycles. The molecule has 8 heteroatoms. The van der Waals surface area contributed by atoms with E-state index in [0.29, 0.717) is 12.1 Å². The molecule has 2 aromatic carbocycles. The second-order valence-corrected chi connectivity index (χ2v) is 7.72. The molecule has 2 aromatic rings. The summed E-state index contributed by atoms with van der Waals surface area (Å²) < 4.78 is 15.6. The third kappa shape index (κ3) is 5.57. The lowest BCUT2D eigenvalue weighted by atomic mass is 10.0. The van der Waals surface area contributed by atoms with Crippen LogP contribution in [0, 0.1) is 5.92 Å². The number of para-hydroxylation sites is 1. The molecular formula is C24H28N2O6. The molecule has 2 amide bonds. The minimum absolute atomic E-state index is 0.0901. The van der Waals surface area contributed by atoms with Crippen LogP contribution in [-0.4, -0.2) is 37.0 Å². The third-order valence-electron chi connectivity index (χ3n) is 5.08. The Morgan fingerprint density at radius 1 is 1.03 bits per heavy atom. The minimum Gasteiger partial charge on any atom is -0.445 e. The highest BCUT2D eigenvalue weighted by Crippen LogP contribution is 2.34. The summed E-state index contributed by atoms with van der Waals surface area (Å²) in [5, 5.41) is 2.67. The smallest absolute Gasteiger partial charge is 0.445 e. The molecule has 1 aliphatic heterocycles. The number of nitrogens with zero attached hydrogens (tertiary/aromatic N) is 1. The lowest BCUT2D eigenvalue weighted by Gasteiger charge is -2.30. The highest BCUT2D eigenvalue weighted by molar-refractivity contribution is 6.01. The van der Waals surface area contributed by atoms with Gasteiger partial charge in [-0.05, 0) is 30.0 Å². The van der Waals surface area contributed by atoms with Crippen LogP contribution in [0.2, 0.25) is 0 Å². The Labute approximate surface area is 187 Å². The number of rotatable bonds is 7. The Balaban J connectivity index is 1.74. The van der Waals surface area contributed by atoms with Gasteiger partial charge in [-0.25, -0.2) is 9.59 Å². The van der Waals surface area contributed by atoms with Gasteiger partial charge in [-0.3, -0.25) is 9.69 Å². The van der Waals surface area contributed by atoms with E-state index in [1.54, 1.807) is 19.1 Å². The Bertz CT molecular complexity index is 947. The number of carbonyl (C=O) groups is 3. The molecule has 32 heavy (non-hydrogen) atoms. The fourth-order valence-electron chi connectivity index (χ4n) is 3.53. The Kier molecular flexibility index (Phi) is 7.70. The molecule has 0 aromatic heterocycles. The molecule has 3 rings (SSSR count). The van der Waals surface area contributed by atoms with Gasteiger partial charge in [-0.2, -0.15) is 0 Å². The van der Waals surface area contributed by atoms with Crippen molar-refractivity contribution in [3.8, 4) is 0 Å². The van der Waals surface area contributed by atoms with Gasteiger partial charge < -0.3 is 19.5 Å². The molecule has 0 aliphatic carbocycles. The zero-order valence-electron chi connectivity index (χ0n) is 18.4. The molecule has 1 aliphatic rings. The van der Waals surface area contributed by atoms with Crippen LogP contribution in [-0.2, 0) is 32.0 Å². The molecule has 8 nitrogen and oxygen atoms in total. The van der Waals surface area contributed by atoms with Crippen LogP contribution in [0.5, 0.6) is 0 Å². The summed E-state index contributed by atoms with van der Waals surface area (Å²) in [7, 11) is 0. The van der Waals surface area contributed by atoms with Crippen molar-refractivity contribution in [2.75, 3.05) is 11.5 Å². The van der Waals surface area contributed by atoms with Gasteiger partial charge in [0.25, 0.3) is 5.91 Å². The summed E-state index contributed by atoms with van der Waals surface area (Å²) in [5.74, 6) is -0.626. The monoisotopic (exact) mass is 440 g/mol. The first-order valence-electron chi connectivity index (χ1n) is 10.6. The number of amides is 2. The van der Waals surface area contributed by atoms with E-state index in [0.717, 1.165) is 11.1 Å². The predicted molar refractivity (Wildman–Crippen MR) is 118 cm³/mol. The van der Waals surface area contributed by atoms with E-state index in [9.17, 15) is 14.4 Å². The van der Waals surface area contributed by atoms with E-state index in [1.165, 1.54) is 4.90 Å². The number of fused-ring (bicyclic) bond motifs is 1. The second kappa shape index (κ2) is 10.7. The maximum atomic E-state index is 13.5. The van der Waals surface area contributed by atoms with Gasteiger partial charge in [0.15, 0.2) is 6.23 Å². The number of hydrogen-bond acceptors (Lipinski definition) is 6. The van der Waals surface area contributed by atoms with Gasteiger partial charge in [0.05, 0.1) is 12.3 Å². The van der Waals surface area contributed by atoms with E-state index in [4.69, 9.17) is 14.2 Å². The molecule has 0 saturated carbocycles. The summed E-state index contributed by atoms with van der Waals surface area (Å²) in [4.78, 5) is 39.3. The molecule has 0 spiro atoms. The number of carbonyl (C=O) groups excluding carboxylic acids is 3. The third-order valence-corrected chi connectivity index (χ3v) is 5.08. The SMILES string of the molecule is CCOC(=O)O[C@H]1Cc2ccccc2N1C(=O)[C@@H](NC(=O)OCc1ccccc1)C(C)C. The van der Waals surface area contributed by atoms with Crippen LogP contribution < -0.4 is 10.2 Å². The quantitative estimate of drug-likeness (QED) is 0.654. The van der Waals surface area contributed by atoms with Crippen LogP contribution in [0.4, 0.5) is 15.3 Å². The Morgan fingerprint density at radius 3 is 2.41 bits per heavy atom. The van der Waals surface area contributed by atoms with Gasteiger partial charge in [0.1, 0.15) is 12.6 Å². The molecule has 0 saturated heterocycles. The average molecular weight is 440 g/mol. The molecule has 0 fully saturated rings. The maximum Gasteiger partial charge on any atom is 0.510 e. The number of hydrogen-bond donors (Lipinski definition) is 1. The van der Waals surface area contributed by atoms with Crippen molar-refractivity contribution in [2.24, 2.45) is 5.92 Å². The first kappa shape index (κ1) is 23.1. The number of anilines is 1. The lowest BCUT2D eigenvalue weighted by molar-refractivity contribution is -0.123. The van der Waals surface area contributed by atoms with Crippen molar-refractivity contribution in [3.63, 3.8) is 0 Å². The Morgan fingerprint density at radius 2 is 1.72 bits per heavy atom. The molecule has 2 atom stereocenters. The van der Waals surface area contributed by atoms with Crippen LogP contribution in [0.15, 0.2) is 54.6 Å². The van der Waals surface area contributed by atoms with E-state index in [2.05, 4.69) is 5.32 Å². The fourth-order valence-corrected chi connectivity index (χ4v) is 3.53. The molecular weight excluding hydrogens is 412 g/mol. The van der Waals surface area contributed by atoms with Gasteiger partial charge >= 0.3 is 12.2 Å². The average Bonchev–Trinajstić information content (AvgIpc) is 3.14. The highest BCUT2D eigenvalue weighted by atomic mass is 16.7. The van der Waals surface area contributed by atoms with Crippen LogP contribution in [0.1, 0.15) is 31.9 Å². The summed E-state index contributed by atoms with van der Waals surface area (Å²) in [5.41, 5.74) is 2.34. The van der Waals surface area contributed by atoms with E-state index in [-0.39, 0.29) is 19.1 Å². The lowest BCUT2D eigenvalue weighted by Crippen LogP contribution is -2.54. The van der Waals surface area contributed by atoms with Crippen LogP contribution in [0.3, 0.4) is 0 Å². The van der Waals surface area contributed by atoms with E-state index >= 15 is 0 Å². The van der Waals surface area contributed by atoms with Gasteiger partial charge in [0.2, 0.25) is 0 Å². The van der Waals surface area contributed by atoms with Gasteiger partial charge in [-0.15, -0.1) is 0 Å². The topological polar surface area (TPSA) is 94.2 Å². The molecule has 1 N–H and O–H groups in total. The number of alkyl carbamates (subject to hydrolysis) is 1. The van der Waals surface area contributed by atoms with Crippen LogP contribution >= 0.6 is 0 Å². The fraction of sp³-hybridized carbons (Fsp3) is 0.375. The van der Waals surface area contributed by atoms with Gasteiger partial charge in [0, 0.05) is 6.42 Å². The van der Waals surface area contributed by atoms with Crippen molar-refractivity contribution in [2.45, 2.75) is 46.1 Å². The largest absolute Gasteiger partial charge is 0.510 e. The van der Waals surface area contributed by atoms with E-state index in [1.807, 2.05) is 56.3 Å². The molecule has 0 bridgehead atoms. The van der Waals surface area contributed by atoms with Crippen molar-refractivity contribution >= 4 is 23.8 Å². The van der Waals surface area contributed by atoms with Crippen molar-refractivity contribution in [1.29, 1.82) is 0 Å². The molecule has 0 unspecified atom stereocenters. The minimum atomic E-state index is -0.877. The first-order valence-corrected chi connectivity index (χ1v) is 10.6. The second-order valence-electron chi connectivity index (χ2n) is 7.72. The maximum absolute atomic E-state index is 13.5. The van der Waals surface area contributed by atoms with Crippen molar-refractivity contribution in [3.05, 3.63) is 65.7 Å². The number of ether oxygens (including phenoxy) is 3. The highest BCUT2D eigenvalue weighted by Gasteiger charge is 2.41. The summed E-state index contributed by atoms with van der Waals surface area (Å²) in [6.07, 6.45) is -2.07. The Hall–Kier alpha value is -3.55. The number of nitrogens with one attached hydrogen (secondary N) is 1. The summed E-state index contributed by atoms with van der Waals surface area (Å²) in [6.45, 7) is 5.57. The zero-order chi connectivity index (χ0) is 23.1. The standard InChI is InChI=1S/C24H28N2O6/c1-4-30-24(29)32-20-14-18-12-8-9-13-19(18)26(20)22(27)21(16(2)3)25-23(28)31-15-17-10-6-5-7-11-17/h5-13,16,20-21H,4,14-15H2,1-3H3,(H,25,28)/t20-,21-/m0/s1. The summed E-state index contributed by atoms with van der Waals surface area (Å²) >= 11 is 0. The van der Waals surface area contributed by atoms with Crippen molar-refractivity contribution < 1.29 is 28.6 Å². The number of benzene rings is 2. The van der Waals surface area contributed by atoms with Gasteiger partial charge in [-0.1, -0.05) is 62.4 Å². The summed E-state index contributed by atoms with van der Waals surface area (Å²) in [6, 6.07) is 15.7. The van der Waals surface area contributed by atoms with E-state index < -0.39 is 30.4 Å².